The summed E-state index contributed by atoms with van der Waals surface area (Å²) in [6.45, 7) is 4.01. The van der Waals surface area contributed by atoms with E-state index in [0.29, 0.717) is 11.6 Å². The molecule has 2 rings (SSSR count). The maximum Gasteiger partial charge on any atom is 0.244 e. The third-order valence-corrected chi connectivity index (χ3v) is 4.70. The monoisotopic (exact) mass is 336 g/mol. The Labute approximate surface area is 138 Å². The van der Waals surface area contributed by atoms with Crippen LogP contribution < -0.4 is 10.6 Å². The highest BCUT2D eigenvalue weighted by atomic mass is 35.5. The molecule has 0 fully saturated rings. The first-order chi connectivity index (χ1) is 10.5. The number of carbonyl (C=O) groups excluding carboxylic acids is 2. The van der Waals surface area contributed by atoms with Gasteiger partial charge in [0, 0.05) is 27.6 Å². The Morgan fingerprint density at radius 3 is 2.77 bits per heavy atom. The van der Waals surface area contributed by atoms with Crippen molar-refractivity contribution in [2.75, 3.05) is 6.54 Å². The summed E-state index contributed by atoms with van der Waals surface area (Å²) in [5.74, 6) is -0.531. The molecule has 2 aromatic rings. The molecule has 1 atom stereocenters. The Balaban J connectivity index is 2.05. The van der Waals surface area contributed by atoms with Gasteiger partial charge in [0.2, 0.25) is 11.8 Å². The number of carbonyl (C=O) groups is 2. The van der Waals surface area contributed by atoms with Gasteiger partial charge in [-0.15, -0.1) is 11.3 Å². The summed E-state index contributed by atoms with van der Waals surface area (Å²) < 4.78 is 1.07. The molecule has 4 nitrogen and oxygen atoms in total. The maximum absolute atomic E-state index is 11.8. The van der Waals surface area contributed by atoms with Crippen LogP contribution in [0.15, 0.2) is 30.3 Å². The second kappa shape index (κ2) is 7.42. The summed E-state index contributed by atoms with van der Waals surface area (Å²) in [5, 5.41) is 6.88. The third kappa shape index (κ3) is 3.87. The Morgan fingerprint density at radius 1 is 1.36 bits per heavy atom. The fourth-order valence-electron chi connectivity index (χ4n) is 1.95. The average Bonchev–Trinajstić information content (AvgIpc) is 2.82. The standard InChI is InChI=1S/C16H17ClN2O2S/c1-3-18-16(21)10(2)19-14(20)9-8-13-15(17)11-6-4-5-7-12(11)22-13/h4-10H,3H2,1-2H3,(H,18,21)(H,19,20)/b9-8+/t10-/m0/s1. The molecule has 0 aliphatic carbocycles. The lowest BCUT2D eigenvalue weighted by Gasteiger charge is -2.11. The van der Waals surface area contributed by atoms with E-state index >= 15 is 0 Å². The highest BCUT2D eigenvalue weighted by molar-refractivity contribution is 7.20. The first-order valence-electron chi connectivity index (χ1n) is 6.96. The van der Waals surface area contributed by atoms with E-state index < -0.39 is 6.04 Å². The van der Waals surface area contributed by atoms with Gasteiger partial charge in [-0.2, -0.15) is 0 Å². The molecule has 116 valence electrons. The van der Waals surface area contributed by atoms with Gasteiger partial charge in [0.25, 0.3) is 0 Å². The van der Waals surface area contributed by atoms with E-state index in [1.54, 1.807) is 13.0 Å². The molecule has 0 unspecified atom stereocenters. The van der Waals surface area contributed by atoms with Gasteiger partial charge in [-0.1, -0.05) is 29.8 Å². The molecule has 0 saturated carbocycles. The maximum atomic E-state index is 11.8. The molecule has 1 aromatic carbocycles. The number of hydrogen-bond donors (Lipinski definition) is 2. The van der Waals surface area contributed by atoms with E-state index in [4.69, 9.17) is 11.6 Å². The normalized spacial score (nSPS) is 12.5. The first kappa shape index (κ1) is 16.5. The van der Waals surface area contributed by atoms with Crippen molar-refractivity contribution in [1.29, 1.82) is 0 Å². The minimum absolute atomic E-state index is 0.204. The van der Waals surface area contributed by atoms with Crippen LogP contribution in [0, 0.1) is 0 Å². The number of benzene rings is 1. The van der Waals surface area contributed by atoms with Crippen molar-refractivity contribution in [3.63, 3.8) is 0 Å². The van der Waals surface area contributed by atoms with Crippen LogP contribution >= 0.6 is 22.9 Å². The molecular weight excluding hydrogens is 320 g/mol. The van der Waals surface area contributed by atoms with Gasteiger partial charge in [0.15, 0.2) is 0 Å². The van der Waals surface area contributed by atoms with Crippen LogP contribution in [-0.2, 0) is 9.59 Å². The van der Waals surface area contributed by atoms with Crippen molar-refractivity contribution in [1.82, 2.24) is 10.6 Å². The summed E-state index contributed by atoms with van der Waals surface area (Å²) in [4.78, 5) is 24.2. The Hall–Kier alpha value is -1.85. The molecule has 0 aliphatic heterocycles. The van der Waals surface area contributed by atoms with Gasteiger partial charge < -0.3 is 10.6 Å². The molecule has 0 spiro atoms. The predicted octanol–water partition coefficient (Wildman–Crippen LogP) is 3.21. The molecular formula is C16H17ClN2O2S. The summed E-state index contributed by atoms with van der Waals surface area (Å²) in [6.07, 6.45) is 3.07. The van der Waals surface area contributed by atoms with E-state index in [9.17, 15) is 9.59 Å². The lowest BCUT2D eigenvalue weighted by Crippen LogP contribution is -2.44. The van der Waals surface area contributed by atoms with E-state index in [1.165, 1.54) is 17.4 Å². The Bertz CT molecular complexity index is 724. The highest BCUT2D eigenvalue weighted by Crippen LogP contribution is 2.35. The van der Waals surface area contributed by atoms with Crippen LogP contribution in [0.2, 0.25) is 5.02 Å². The summed E-state index contributed by atoms with van der Waals surface area (Å²) >= 11 is 7.82. The number of amides is 2. The number of rotatable bonds is 5. The lowest BCUT2D eigenvalue weighted by atomic mass is 10.2. The molecule has 0 saturated heterocycles. The van der Waals surface area contributed by atoms with Gasteiger partial charge in [-0.05, 0) is 26.0 Å². The van der Waals surface area contributed by atoms with Crippen molar-refractivity contribution in [2.24, 2.45) is 0 Å². The van der Waals surface area contributed by atoms with Crippen LogP contribution in [0.5, 0.6) is 0 Å². The van der Waals surface area contributed by atoms with Crippen molar-refractivity contribution in [3.8, 4) is 0 Å². The number of likely N-dealkylation sites (N-methyl/N-ethyl adjacent to an activating group) is 1. The quantitative estimate of drug-likeness (QED) is 0.824. The summed E-state index contributed by atoms with van der Waals surface area (Å²) in [5.41, 5.74) is 0. The van der Waals surface area contributed by atoms with E-state index in [-0.39, 0.29) is 11.8 Å². The van der Waals surface area contributed by atoms with E-state index in [1.807, 2.05) is 31.2 Å². The van der Waals surface area contributed by atoms with Crippen LogP contribution in [0.1, 0.15) is 18.7 Å². The van der Waals surface area contributed by atoms with Crippen LogP contribution in [-0.4, -0.2) is 24.4 Å². The largest absolute Gasteiger partial charge is 0.355 e. The molecule has 22 heavy (non-hydrogen) atoms. The van der Waals surface area contributed by atoms with Crippen LogP contribution in [0.3, 0.4) is 0 Å². The molecule has 1 heterocycles. The summed E-state index contributed by atoms with van der Waals surface area (Å²) in [6, 6.07) is 7.23. The molecule has 2 N–H and O–H groups in total. The van der Waals surface area contributed by atoms with Gasteiger partial charge in [0.1, 0.15) is 6.04 Å². The zero-order valence-corrected chi connectivity index (χ0v) is 13.9. The number of nitrogens with one attached hydrogen (secondary N) is 2. The van der Waals surface area contributed by atoms with Crippen molar-refractivity contribution >= 4 is 50.9 Å². The lowest BCUT2D eigenvalue weighted by molar-refractivity contribution is -0.126. The average molecular weight is 337 g/mol. The first-order valence-corrected chi connectivity index (χ1v) is 8.15. The molecule has 0 radical (unpaired) electrons. The van der Waals surface area contributed by atoms with Crippen LogP contribution in [0.4, 0.5) is 0 Å². The topological polar surface area (TPSA) is 58.2 Å². The fraction of sp³-hybridized carbons (Fsp3) is 0.250. The van der Waals surface area contributed by atoms with E-state index in [0.717, 1.165) is 15.0 Å². The molecule has 1 aromatic heterocycles. The fourth-order valence-corrected chi connectivity index (χ4v) is 3.34. The second-order valence-electron chi connectivity index (χ2n) is 4.73. The van der Waals surface area contributed by atoms with E-state index in [2.05, 4.69) is 10.6 Å². The second-order valence-corrected chi connectivity index (χ2v) is 6.20. The number of hydrogen-bond acceptors (Lipinski definition) is 3. The van der Waals surface area contributed by atoms with Crippen molar-refractivity contribution < 1.29 is 9.59 Å². The SMILES string of the molecule is CCNC(=O)[C@H](C)NC(=O)/C=C/c1sc2ccccc2c1Cl. The highest BCUT2D eigenvalue weighted by Gasteiger charge is 2.13. The number of halogens is 1. The zero-order chi connectivity index (χ0) is 16.1. The zero-order valence-electron chi connectivity index (χ0n) is 12.4. The molecule has 6 heteroatoms. The number of thiophene rings is 1. The Kier molecular flexibility index (Phi) is 5.57. The van der Waals surface area contributed by atoms with Crippen molar-refractivity contribution in [2.45, 2.75) is 19.9 Å². The van der Waals surface area contributed by atoms with Gasteiger partial charge in [0.05, 0.1) is 5.02 Å². The molecule has 2 amide bonds. The molecule has 0 aliphatic rings. The predicted molar refractivity (Wildman–Crippen MR) is 92.2 cm³/mol. The Morgan fingerprint density at radius 2 is 2.09 bits per heavy atom. The van der Waals surface area contributed by atoms with Crippen molar-refractivity contribution in [3.05, 3.63) is 40.2 Å². The number of fused-ring (bicyclic) bond motifs is 1. The van der Waals surface area contributed by atoms with Gasteiger partial charge in [-0.25, -0.2) is 0 Å². The minimum Gasteiger partial charge on any atom is -0.355 e. The van der Waals surface area contributed by atoms with Gasteiger partial charge in [-0.3, -0.25) is 9.59 Å². The molecule has 0 bridgehead atoms. The van der Waals surface area contributed by atoms with Crippen LogP contribution in [0.25, 0.3) is 16.2 Å². The van der Waals surface area contributed by atoms with Gasteiger partial charge >= 0.3 is 0 Å². The smallest absolute Gasteiger partial charge is 0.244 e. The summed E-state index contributed by atoms with van der Waals surface area (Å²) in [7, 11) is 0. The third-order valence-electron chi connectivity index (χ3n) is 3.05. The minimum atomic E-state index is -0.574.